The molecule has 1 aromatic carbocycles. The van der Waals surface area contributed by atoms with Crippen molar-refractivity contribution in [2.75, 3.05) is 5.73 Å². The van der Waals surface area contributed by atoms with Gasteiger partial charge in [-0.1, -0.05) is 24.3 Å². The quantitative estimate of drug-likeness (QED) is 0.737. The van der Waals surface area contributed by atoms with Crippen LogP contribution in [0.1, 0.15) is 5.69 Å². The molecule has 0 saturated heterocycles. The van der Waals surface area contributed by atoms with Gasteiger partial charge in [0.15, 0.2) is 0 Å². The van der Waals surface area contributed by atoms with E-state index in [1.54, 1.807) is 12.3 Å². The predicted molar refractivity (Wildman–Crippen MR) is 78.2 cm³/mol. The number of carbonyl (C=O) groups excluding carboxylic acids is 1. The summed E-state index contributed by atoms with van der Waals surface area (Å²) in [5.74, 6) is -0.00736. The van der Waals surface area contributed by atoms with Gasteiger partial charge in [0, 0.05) is 11.6 Å². The highest BCUT2D eigenvalue weighted by Crippen LogP contribution is 2.12. The number of fused-ring (bicyclic) bond motifs is 1. The first kappa shape index (κ1) is 13.1. The van der Waals surface area contributed by atoms with Crippen molar-refractivity contribution in [3.05, 3.63) is 54.4 Å². The van der Waals surface area contributed by atoms with Crippen LogP contribution in [0.3, 0.4) is 0 Å². The fourth-order valence-electron chi connectivity index (χ4n) is 1.99. The number of anilines is 1. The molecule has 2 N–H and O–H groups in total. The van der Waals surface area contributed by atoms with E-state index in [-0.39, 0.29) is 19.1 Å². The first-order valence-corrected chi connectivity index (χ1v) is 6.50. The molecule has 6 nitrogen and oxygen atoms in total. The van der Waals surface area contributed by atoms with E-state index in [9.17, 15) is 4.79 Å². The molecule has 0 aliphatic rings. The lowest BCUT2D eigenvalue weighted by Gasteiger charge is -2.05. The Morgan fingerprint density at radius 1 is 1.19 bits per heavy atom. The van der Waals surface area contributed by atoms with Crippen LogP contribution in [0.5, 0.6) is 0 Å². The highest BCUT2D eigenvalue weighted by atomic mass is 16.5. The number of ether oxygens (including phenoxy) is 1. The maximum atomic E-state index is 11.7. The zero-order valence-corrected chi connectivity index (χ0v) is 11.3. The summed E-state index contributed by atoms with van der Waals surface area (Å²) in [5.41, 5.74) is 7.07. The third-order valence-corrected chi connectivity index (χ3v) is 2.99. The van der Waals surface area contributed by atoms with Gasteiger partial charge in [0.1, 0.15) is 19.0 Å². The number of nitrogen functional groups attached to an aromatic ring is 1. The summed E-state index contributed by atoms with van der Waals surface area (Å²) in [7, 11) is 0. The average molecular weight is 282 g/mol. The minimum Gasteiger partial charge on any atom is -0.458 e. The summed E-state index contributed by atoms with van der Waals surface area (Å²) in [6.07, 6.45) is 1.63. The number of nitrogens with zero attached hydrogens (tertiary/aromatic N) is 3. The van der Waals surface area contributed by atoms with E-state index < -0.39 is 0 Å². The van der Waals surface area contributed by atoms with E-state index in [0.29, 0.717) is 11.5 Å². The number of esters is 1. The number of para-hydroxylation sites is 1. The fraction of sp³-hybridized carbons (Fsp3) is 0.133. The van der Waals surface area contributed by atoms with Crippen molar-refractivity contribution in [3.63, 3.8) is 0 Å². The fourth-order valence-corrected chi connectivity index (χ4v) is 1.99. The van der Waals surface area contributed by atoms with Gasteiger partial charge in [0.05, 0.1) is 11.2 Å². The zero-order chi connectivity index (χ0) is 14.7. The third kappa shape index (κ3) is 3.17. The van der Waals surface area contributed by atoms with Crippen LogP contribution < -0.4 is 5.73 Å². The second-order valence-corrected chi connectivity index (χ2v) is 4.59. The minimum atomic E-state index is -0.381. The Morgan fingerprint density at radius 2 is 2.05 bits per heavy atom. The summed E-state index contributed by atoms with van der Waals surface area (Å²) < 4.78 is 6.62. The maximum Gasteiger partial charge on any atom is 0.328 e. The Kier molecular flexibility index (Phi) is 3.51. The molecule has 0 unspecified atom stereocenters. The molecule has 6 heteroatoms. The highest BCUT2D eigenvalue weighted by Gasteiger charge is 2.07. The predicted octanol–water partition coefficient (Wildman–Crippen LogP) is 1.76. The van der Waals surface area contributed by atoms with Crippen molar-refractivity contribution < 1.29 is 9.53 Å². The summed E-state index contributed by atoms with van der Waals surface area (Å²) in [6.45, 7) is 0.172. The monoisotopic (exact) mass is 282 g/mol. The van der Waals surface area contributed by atoms with Crippen LogP contribution in [0.4, 0.5) is 5.82 Å². The first-order valence-electron chi connectivity index (χ1n) is 6.50. The lowest BCUT2D eigenvalue weighted by atomic mass is 10.2. The van der Waals surface area contributed by atoms with Gasteiger partial charge in [-0.15, -0.1) is 0 Å². The molecule has 0 aliphatic carbocycles. The van der Waals surface area contributed by atoms with Crippen LogP contribution in [0, 0.1) is 0 Å². The van der Waals surface area contributed by atoms with Crippen molar-refractivity contribution >= 4 is 22.7 Å². The number of hydrogen-bond donors (Lipinski definition) is 1. The van der Waals surface area contributed by atoms with Crippen molar-refractivity contribution in [1.29, 1.82) is 0 Å². The molecule has 0 fully saturated rings. The van der Waals surface area contributed by atoms with Crippen LogP contribution >= 0.6 is 0 Å². The smallest absolute Gasteiger partial charge is 0.328 e. The molecule has 106 valence electrons. The van der Waals surface area contributed by atoms with Gasteiger partial charge in [-0.05, 0) is 18.2 Å². The molecule has 0 radical (unpaired) electrons. The standard InChI is InChI=1S/C15H14N4O2/c16-14-7-8-19(18-14)9-15(20)21-10-12-6-5-11-3-1-2-4-13(11)17-12/h1-8H,9-10H2,(H2,16,18). The first-order chi connectivity index (χ1) is 10.2. The van der Waals surface area contributed by atoms with Crippen molar-refractivity contribution in [3.8, 4) is 0 Å². The van der Waals surface area contributed by atoms with Gasteiger partial charge in [0.2, 0.25) is 0 Å². The molecular weight excluding hydrogens is 268 g/mol. The van der Waals surface area contributed by atoms with Gasteiger partial charge in [-0.2, -0.15) is 5.10 Å². The number of pyridine rings is 1. The Hall–Kier alpha value is -2.89. The SMILES string of the molecule is Nc1ccn(CC(=O)OCc2ccc3ccccc3n2)n1. The van der Waals surface area contributed by atoms with E-state index in [2.05, 4.69) is 10.1 Å². The number of aromatic nitrogens is 3. The Balaban J connectivity index is 1.61. The van der Waals surface area contributed by atoms with E-state index in [1.807, 2.05) is 36.4 Å². The van der Waals surface area contributed by atoms with Gasteiger partial charge < -0.3 is 10.5 Å². The number of nitrogens with two attached hydrogens (primary N) is 1. The van der Waals surface area contributed by atoms with Crippen LogP contribution in [0.25, 0.3) is 10.9 Å². The van der Waals surface area contributed by atoms with E-state index in [0.717, 1.165) is 10.9 Å². The molecule has 3 aromatic rings. The molecule has 0 atom stereocenters. The van der Waals surface area contributed by atoms with Crippen LogP contribution in [-0.4, -0.2) is 20.7 Å². The van der Waals surface area contributed by atoms with Gasteiger partial charge in [-0.25, -0.2) is 4.98 Å². The van der Waals surface area contributed by atoms with Crippen LogP contribution in [0.2, 0.25) is 0 Å². The van der Waals surface area contributed by atoms with Crippen LogP contribution in [0.15, 0.2) is 48.7 Å². The third-order valence-electron chi connectivity index (χ3n) is 2.99. The highest BCUT2D eigenvalue weighted by molar-refractivity contribution is 5.78. The summed E-state index contributed by atoms with van der Waals surface area (Å²) in [5, 5.41) is 4.98. The maximum absolute atomic E-state index is 11.7. The van der Waals surface area contributed by atoms with Gasteiger partial charge >= 0.3 is 5.97 Å². The summed E-state index contributed by atoms with van der Waals surface area (Å²) in [4.78, 5) is 16.1. The molecule has 2 heterocycles. The number of carbonyl (C=O) groups is 1. The van der Waals surface area contributed by atoms with Gasteiger partial charge in [-0.3, -0.25) is 9.48 Å². The molecule has 0 aliphatic heterocycles. The molecule has 0 amide bonds. The number of benzene rings is 1. The topological polar surface area (TPSA) is 83.0 Å². The largest absolute Gasteiger partial charge is 0.458 e. The normalized spacial score (nSPS) is 10.7. The Labute approximate surface area is 121 Å². The second kappa shape index (κ2) is 5.62. The number of hydrogen-bond acceptors (Lipinski definition) is 5. The molecule has 0 saturated carbocycles. The summed E-state index contributed by atoms with van der Waals surface area (Å²) in [6, 6.07) is 13.2. The Bertz CT molecular complexity index is 782. The molecule has 2 aromatic heterocycles. The molecule has 3 rings (SSSR count). The number of rotatable bonds is 4. The molecule has 0 bridgehead atoms. The average Bonchev–Trinajstić information content (AvgIpc) is 2.90. The van der Waals surface area contributed by atoms with E-state index in [1.165, 1.54) is 4.68 Å². The van der Waals surface area contributed by atoms with E-state index in [4.69, 9.17) is 10.5 Å². The molecule has 21 heavy (non-hydrogen) atoms. The second-order valence-electron chi connectivity index (χ2n) is 4.59. The van der Waals surface area contributed by atoms with Gasteiger partial charge in [0.25, 0.3) is 0 Å². The molecular formula is C15H14N4O2. The lowest BCUT2D eigenvalue weighted by molar-refractivity contribution is -0.146. The Morgan fingerprint density at radius 3 is 2.86 bits per heavy atom. The minimum absolute atomic E-state index is 0.0325. The molecule has 0 spiro atoms. The van der Waals surface area contributed by atoms with Crippen molar-refractivity contribution in [1.82, 2.24) is 14.8 Å². The van der Waals surface area contributed by atoms with E-state index >= 15 is 0 Å². The van der Waals surface area contributed by atoms with Crippen molar-refractivity contribution in [2.45, 2.75) is 13.2 Å². The lowest BCUT2D eigenvalue weighted by Crippen LogP contribution is -2.14. The van der Waals surface area contributed by atoms with Crippen LogP contribution in [-0.2, 0) is 22.7 Å². The summed E-state index contributed by atoms with van der Waals surface area (Å²) >= 11 is 0. The van der Waals surface area contributed by atoms with Crippen molar-refractivity contribution in [2.24, 2.45) is 0 Å². The zero-order valence-electron chi connectivity index (χ0n) is 11.3.